The van der Waals surface area contributed by atoms with Gasteiger partial charge in [-0.3, -0.25) is 0 Å². The lowest BCUT2D eigenvalue weighted by molar-refractivity contribution is -0.179. The number of nitriles is 1. The van der Waals surface area contributed by atoms with Gasteiger partial charge in [-0.25, -0.2) is 0 Å². The molecule has 0 fully saturated rings. The van der Waals surface area contributed by atoms with E-state index < -0.39 is 25.5 Å². The van der Waals surface area contributed by atoms with Crippen LogP contribution in [0.1, 0.15) is 5.56 Å². The Labute approximate surface area is 118 Å². The highest BCUT2D eigenvalue weighted by molar-refractivity contribution is 6.30. The number of rotatable bonds is 6. The number of ether oxygens (including phenoxy) is 2. The van der Waals surface area contributed by atoms with Crippen LogP contribution in [-0.4, -0.2) is 37.2 Å². The van der Waals surface area contributed by atoms with E-state index >= 15 is 0 Å². The van der Waals surface area contributed by atoms with Crippen LogP contribution in [0.25, 0.3) is 0 Å². The first-order valence-electron chi connectivity index (χ1n) is 5.47. The van der Waals surface area contributed by atoms with Gasteiger partial charge in [-0.1, -0.05) is 11.6 Å². The highest BCUT2D eigenvalue weighted by Crippen LogP contribution is 2.22. The van der Waals surface area contributed by atoms with Crippen LogP contribution in [-0.2, 0) is 4.74 Å². The largest absolute Gasteiger partial charge is 0.489 e. The maximum atomic E-state index is 11.8. The quantitative estimate of drug-likeness (QED) is 0.877. The summed E-state index contributed by atoms with van der Waals surface area (Å²) < 4.78 is 44.9. The molecule has 8 heteroatoms. The second-order valence-corrected chi connectivity index (χ2v) is 4.28. The van der Waals surface area contributed by atoms with Gasteiger partial charge in [0, 0.05) is 11.1 Å². The van der Waals surface area contributed by atoms with E-state index in [1.54, 1.807) is 0 Å². The summed E-state index contributed by atoms with van der Waals surface area (Å²) in [5, 5.41) is 18.6. The first-order chi connectivity index (χ1) is 9.31. The molecule has 1 unspecified atom stereocenters. The van der Waals surface area contributed by atoms with Crippen LogP contribution in [0, 0.1) is 11.3 Å². The minimum absolute atomic E-state index is 0.148. The normalized spacial score (nSPS) is 12.8. The van der Waals surface area contributed by atoms with Crippen molar-refractivity contribution < 1.29 is 27.8 Å². The summed E-state index contributed by atoms with van der Waals surface area (Å²) in [5.41, 5.74) is 0.206. The third-order valence-corrected chi connectivity index (χ3v) is 2.31. The standard InChI is InChI=1S/C12H11ClF3NO3/c13-9-2-1-8(4-17)11(3-9)20-6-10(18)5-19-7-12(14,15)16/h1-3,10,18H,5-7H2. The molecule has 0 aliphatic carbocycles. The van der Waals surface area contributed by atoms with Crippen LogP contribution in [0.3, 0.4) is 0 Å². The Morgan fingerprint density at radius 1 is 1.35 bits per heavy atom. The van der Waals surface area contributed by atoms with Crippen molar-refractivity contribution in [1.82, 2.24) is 0 Å². The number of halogens is 4. The maximum absolute atomic E-state index is 11.8. The van der Waals surface area contributed by atoms with Gasteiger partial charge in [-0.15, -0.1) is 0 Å². The number of hydrogen-bond donors (Lipinski definition) is 1. The zero-order valence-electron chi connectivity index (χ0n) is 10.2. The van der Waals surface area contributed by atoms with Crippen molar-refractivity contribution in [2.24, 2.45) is 0 Å². The molecule has 0 aliphatic heterocycles. The van der Waals surface area contributed by atoms with Gasteiger partial charge in [-0.05, 0) is 12.1 Å². The van der Waals surface area contributed by atoms with Gasteiger partial charge in [0.1, 0.15) is 31.1 Å². The maximum Gasteiger partial charge on any atom is 0.411 e. The average molecular weight is 310 g/mol. The van der Waals surface area contributed by atoms with Gasteiger partial charge in [0.15, 0.2) is 0 Å². The van der Waals surface area contributed by atoms with Crippen LogP contribution >= 0.6 is 11.6 Å². The van der Waals surface area contributed by atoms with E-state index in [1.165, 1.54) is 18.2 Å². The van der Waals surface area contributed by atoms with Crippen LogP contribution < -0.4 is 4.74 Å². The molecule has 0 saturated heterocycles. The lowest BCUT2D eigenvalue weighted by Crippen LogP contribution is -2.27. The van der Waals surface area contributed by atoms with Crippen molar-refractivity contribution in [2.75, 3.05) is 19.8 Å². The Balaban J connectivity index is 2.43. The fourth-order valence-corrected chi connectivity index (χ4v) is 1.41. The Morgan fingerprint density at radius 3 is 2.65 bits per heavy atom. The van der Waals surface area contributed by atoms with Crippen LogP contribution in [0.4, 0.5) is 13.2 Å². The number of benzene rings is 1. The lowest BCUT2D eigenvalue weighted by Gasteiger charge is -2.14. The predicted octanol–water partition coefficient (Wildman–Crippen LogP) is 2.53. The van der Waals surface area contributed by atoms with E-state index in [4.69, 9.17) is 21.6 Å². The predicted molar refractivity (Wildman–Crippen MR) is 64.5 cm³/mol. The van der Waals surface area contributed by atoms with Gasteiger partial charge in [0.25, 0.3) is 0 Å². The fraction of sp³-hybridized carbons (Fsp3) is 0.417. The number of nitrogens with zero attached hydrogens (tertiary/aromatic N) is 1. The summed E-state index contributed by atoms with van der Waals surface area (Å²) >= 11 is 5.72. The molecule has 0 spiro atoms. The third kappa shape index (κ3) is 6.10. The third-order valence-electron chi connectivity index (χ3n) is 2.07. The number of alkyl halides is 3. The topological polar surface area (TPSA) is 62.5 Å². The average Bonchev–Trinajstić information content (AvgIpc) is 2.35. The first-order valence-corrected chi connectivity index (χ1v) is 5.84. The van der Waals surface area contributed by atoms with Gasteiger partial charge in [-0.2, -0.15) is 18.4 Å². The molecule has 1 aromatic carbocycles. The number of hydrogen-bond acceptors (Lipinski definition) is 4. The van der Waals surface area contributed by atoms with Crippen LogP contribution in [0.5, 0.6) is 5.75 Å². The molecule has 1 atom stereocenters. The first kappa shape index (κ1) is 16.6. The van der Waals surface area contributed by atoms with E-state index in [0.29, 0.717) is 5.02 Å². The summed E-state index contributed by atoms with van der Waals surface area (Å²) in [5.74, 6) is 0.148. The molecule has 110 valence electrons. The molecule has 0 bridgehead atoms. The fourth-order valence-electron chi connectivity index (χ4n) is 1.25. The van der Waals surface area contributed by atoms with Gasteiger partial charge < -0.3 is 14.6 Å². The highest BCUT2D eigenvalue weighted by atomic mass is 35.5. The van der Waals surface area contributed by atoms with Crippen molar-refractivity contribution >= 4 is 11.6 Å². The summed E-state index contributed by atoms with van der Waals surface area (Å²) in [7, 11) is 0. The molecule has 0 saturated carbocycles. The van der Waals surface area contributed by atoms with E-state index in [2.05, 4.69) is 4.74 Å². The zero-order valence-corrected chi connectivity index (χ0v) is 10.9. The molecule has 0 aliphatic rings. The van der Waals surface area contributed by atoms with Gasteiger partial charge in [0.2, 0.25) is 0 Å². The summed E-state index contributed by atoms with van der Waals surface area (Å²) in [6.45, 7) is -2.28. The minimum atomic E-state index is -4.44. The molecular formula is C12H11ClF3NO3. The van der Waals surface area contributed by atoms with E-state index in [1.807, 2.05) is 6.07 Å². The van der Waals surface area contributed by atoms with Crippen molar-refractivity contribution in [3.05, 3.63) is 28.8 Å². The molecule has 20 heavy (non-hydrogen) atoms. The molecule has 0 heterocycles. The van der Waals surface area contributed by atoms with Crippen LogP contribution in [0.15, 0.2) is 18.2 Å². The molecule has 0 aromatic heterocycles. The molecule has 0 radical (unpaired) electrons. The van der Waals surface area contributed by atoms with E-state index in [0.717, 1.165) is 0 Å². The second-order valence-electron chi connectivity index (χ2n) is 3.85. The summed E-state index contributed by atoms with van der Waals surface area (Å²) in [4.78, 5) is 0. The monoisotopic (exact) mass is 309 g/mol. The van der Waals surface area contributed by atoms with E-state index in [9.17, 15) is 18.3 Å². The van der Waals surface area contributed by atoms with Crippen molar-refractivity contribution in [2.45, 2.75) is 12.3 Å². The SMILES string of the molecule is N#Cc1ccc(Cl)cc1OCC(O)COCC(F)(F)F. The Hall–Kier alpha value is -1.49. The van der Waals surface area contributed by atoms with E-state index in [-0.39, 0.29) is 17.9 Å². The highest BCUT2D eigenvalue weighted by Gasteiger charge is 2.27. The molecule has 4 nitrogen and oxygen atoms in total. The Bertz CT molecular complexity index is 488. The molecular weight excluding hydrogens is 299 g/mol. The van der Waals surface area contributed by atoms with Gasteiger partial charge in [0.05, 0.1) is 12.2 Å². The zero-order chi connectivity index (χ0) is 15.2. The van der Waals surface area contributed by atoms with Crippen molar-refractivity contribution in [3.63, 3.8) is 0 Å². The summed E-state index contributed by atoms with van der Waals surface area (Å²) in [6.07, 6.45) is -5.69. The summed E-state index contributed by atoms with van der Waals surface area (Å²) in [6, 6.07) is 6.17. The van der Waals surface area contributed by atoms with Crippen molar-refractivity contribution in [1.29, 1.82) is 5.26 Å². The van der Waals surface area contributed by atoms with Crippen molar-refractivity contribution in [3.8, 4) is 11.8 Å². The smallest absolute Gasteiger partial charge is 0.411 e. The molecule has 1 aromatic rings. The number of aliphatic hydroxyl groups excluding tert-OH is 1. The van der Waals surface area contributed by atoms with Gasteiger partial charge >= 0.3 is 6.18 Å². The Morgan fingerprint density at radius 2 is 2.05 bits per heavy atom. The molecule has 1 rings (SSSR count). The lowest BCUT2D eigenvalue weighted by atomic mass is 10.2. The number of aliphatic hydroxyl groups is 1. The minimum Gasteiger partial charge on any atom is -0.489 e. The Kier molecular flexibility index (Phi) is 6.07. The molecule has 0 amide bonds. The van der Waals surface area contributed by atoms with Crippen LogP contribution in [0.2, 0.25) is 5.02 Å². The molecule has 1 N–H and O–H groups in total. The second kappa shape index (κ2) is 7.33.